The first-order valence-electron chi connectivity index (χ1n) is 3.48. The van der Waals surface area contributed by atoms with E-state index in [0.29, 0.717) is 5.56 Å². The molecule has 1 aromatic carbocycles. The summed E-state index contributed by atoms with van der Waals surface area (Å²) in [4.78, 5) is 11.0. The molecule has 0 radical (unpaired) electrons. The van der Waals surface area contributed by atoms with Crippen molar-refractivity contribution in [2.75, 3.05) is 6.67 Å². The van der Waals surface area contributed by atoms with Crippen LogP contribution in [0, 0.1) is 5.82 Å². The van der Waals surface area contributed by atoms with Crippen LogP contribution in [0.5, 0.6) is 0 Å². The van der Waals surface area contributed by atoms with Crippen molar-refractivity contribution in [1.29, 1.82) is 0 Å². The highest BCUT2D eigenvalue weighted by Gasteiger charge is 2.02. The number of halogens is 1. The molecule has 1 rings (SSSR count). The maximum Gasteiger partial charge on any atom is 0.252 e. The monoisotopic (exact) mass is 183 g/mol. The maximum atomic E-state index is 12.4. The van der Waals surface area contributed by atoms with Crippen LogP contribution < -0.4 is 11.1 Å². The molecule has 0 spiro atoms. The summed E-state index contributed by atoms with van der Waals surface area (Å²) in [6.07, 6.45) is 0. The molecule has 3 N–H and O–H groups in total. The second kappa shape index (κ2) is 5.27. The van der Waals surface area contributed by atoms with Gasteiger partial charge in [-0.25, -0.2) is 4.39 Å². The topological polar surface area (TPSA) is 55.1 Å². The van der Waals surface area contributed by atoms with Gasteiger partial charge in [0.2, 0.25) is 0 Å². The fraction of sp³-hybridized carbons (Fsp3) is 0.222. The molecule has 0 saturated carbocycles. The van der Waals surface area contributed by atoms with Gasteiger partial charge in [0, 0.05) is 5.56 Å². The molecule has 0 aliphatic carbocycles. The van der Waals surface area contributed by atoms with E-state index in [2.05, 4.69) is 5.32 Å². The van der Waals surface area contributed by atoms with E-state index in [1.165, 1.54) is 24.3 Å². The number of rotatable bonds is 2. The zero-order valence-electron chi connectivity index (χ0n) is 6.38. The Hall–Kier alpha value is -1.42. The van der Waals surface area contributed by atoms with Crippen molar-refractivity contribution in [3.63, 3.8) is 0 Å². The Morgan fingerprint density at radius 1 is 1.38 bits per heavy atom. The third kappa shape index (κ3) is 3.21. The minimum Gasteiger partial charge on any atom is -0.340 e. The molecule has 72 valence electrons. The molecule has 0 aliphatic heterocycles. The van der Waals surface area contributed by atoms with Crippen molar-refractivity contribution in [2.45, 2.75) is 7.43 Å². The Kier molecular flexibility index (Phi) is 4.69. The summed E-state index contributed by atoms with van der Waals surface area (Å²) < 4.78 is 12.4. The van der Waals surface area contributed by atoms with E-state index < -0.39 is 0 Å². The number of amides is 1. The lowest BCUT2D eigenvalue weighted by Gasteiger charge is -2.00. The van der Waals surface area contributed by atoms with E-state index in [-0.39, 0.29) is 25.8 Å². The summed E-state index contributed by atoms with van der Waals surface area (Å²) >= 11 is 0. The quantitative estimate of drug-likeness (QED) is 0.675. The molecule has 0 atom stereocenters. The molecule has 0 aromatic heterocycles. The number of benzene rings is 1. The second-order valence-electron chi connectivity index (χ2n) is 2.22. The highest BCUT2D eigenvalue weighted by molar-refractivity contribution is 5.94. The van der Waals surface area contributed by atoms with Gasteiger partial charge in [-0.05, 0) is 24.3 Å². The highest BCUT2D eigenvalue weighted by Crippen LogP contribution is 2.01. The van der Waals surface area contributed by atoms with Gasteiger partial charge >= 0.3 is 0 Å². The van der Waals surface area contributed by atoms with E-state index in [9.17, 15) is 9.18 Å². The van der Waals surface area contributed by atoms with Gasteiger partial charge in [-0.2, -0.15) is 0 Å². The van der Waals surface area contributed by atoms with Crippen molar-refractivity contribution in [3.8, 4) is 0 Å². The summed E-state index contributed by atoms with van der Waals surface area (Å²) in [6, 6.07) is 5.26. The fourth-order valence-electron chi connectivity index (χ4n) is 0.796. The Bertz CT molecular complexity index is 271. The van der Waals surface area contributed by atoms with Gasteiger partial charge in [0.05, 0.1) is 6.67 Å². The van der Waals surface area contributed by atoms with Crippen LogP contribution in [0.4, 0.5) is 4.39 Å². The molecule has 0 bridgehead atoms. The van der Waals surface area contributed by atoms with Crippen LogP contribution in [0.2, 0.25) is 0 Å². The smallest absolute Gasteiger partial charge is 0.252 e. The van der Waals surface area contributed by atoms with Gasteiger partial charge in [0.15, 0.2) is 0 Å². The van der Waals surface area contributed by atoms with Crippen LogP contribution in [-0.4, -0.2) is 12.6 Å². The SMILES string of the molecule is C.NCNC(=O)c1ccc([18F])cc1. The van der Waals surface area contributed by atoms with Gasteiger partial charge in [-0.15, -0.1) is 0 Å². The van der Waals surface area contributed by atoms with Gasteiger partial charge in [0.1, 0.15) is 5.82 Å². The van der Waals surface area contributed by atoms with Crippen LogP contribution >= 0.6 is 0 Å². The first-order valence-corrected chi connectivity index (χ1v) is 3.48. The number of nitrogens with one attached hydrogen (secondary N) is 1. The minimum atomic E-state index is -0.362. The van der Waals surface area contributed by atoms with Crippen molar-refractivity contribution in [1.82, 2.24) is 5.32 Å². The van der Waals surface area contributed by atoms with E-state index in [4.69, 9.17) is 5.73 Å². The van der Waals surface area contributed by atoms with E-state index >= 15 is 0 Å². The molecule has 0 heterocycles. The molecular weight excluding hydrogens is 170 g/mol. The Morgan fingerprint density at radius 2 is 1.92 bits per heavy atom. The largest absolute Gasteiger partial charge is 0.340 e. The van der Waals surface area contributed by atoms with Crippen molar-refractivity contribution < 1.29 is 9.18 Å². The fourth-order valence-corrected chi connectivity index (χ4v) is 0.796. The van der Waals surface area contributed by atoms with Crippen LogP contribution in [-0.2, 0) is 0 Å². The summed E-state index contributed by atoms with van der Waals surface area (Å²) in [5.41, 5.74) is 5.50. The average molecular weight is 183 g/mol. The lowest BCUT2D eigenvalue weighted by molar-refractivity contribution is 0.0955. The zero-order chi connectivity index (χ0) is 8.97. The molecule has 4 heteroatoms. The predicted molar refractivity (Wildman–Crippen MR) is 49.7 cm³/mol. The lowest BCUT2D eigenvalue weighted by Crippen LogP contribution is -2.29. The second-order valence-corrected chi connectivity index (χ2v) is 2.22. The van der Waals surface area contributed by atoms with Gasteiger partial charge in [-0.3, -0.25) is 4.79 Å². The number of hydrogen-bond acceptors (Lipinski definition) is 2. The molecule has 0 aliphatic rings. The normalized spacial score (nSPS) is 8.77. The van der Waals surface area contributed by atoms with Crippen molar-refractivity contribution >= 4 is 5.91 Å². The first kappa shape index (κ1) is 11.6. The zero-order valence-corrected chi connectivity index (χ0v) is 6.38. The molecule has 0 saturated heterocycles. The Balaban J connectivity index is 0.00000144. The van der Waals surface area contributed by atoms with Gasteiger partial charge in [0.25, 0.3) is 5.91 Å². The van der Waals surface area contributed by atoms with Crippen LogP contribution in [0.3, 0.4) is 0 Å². The molecule has 0 fully saturated rings. The standard InChI is InChI=1S/C8H9FN2O.CH4/c9-7-3-1-6(2-4-7)8(12)11-5-10;/h1-4H,5,10H2,(H,11,12);1H4/i9-1;. The number of hydrogen-bond donors (Lipinski definition) is 2. The third-order valence-electron chi connectivity index (χ3n) is 1.37. The van der Waals surface area contributed by atoms with Crippen molar-refractivity contribution in [3.05, 3.63) is 35.6 Å². The molecule has 3 nitrogen and oxygen atoms in total. The first-order chi connectivity index (χ1) is 5.74. The highest BCUT2D eigenvalue weighted by atomic mass is 18.2. The van der Waals surface area contributed by atoms with Crippen molar-refractivity contribution in [2.24, 2.45) is 5.73 Å². The molecule has 0 unspecified atom stereocenters. The average Bonchev–Trinajstić information content (AvgIpc) is 2.06. The maximum absolute atomic E-state index is 12.4. The Labute approximate surface area is 76.7 Å². The summed E-state index contributed by atoms with van der Waals surface area (Å²) in [5.74, 6) is -0.656. The molecule has 1 aromatic rings. The molecule has 13 heavy (non-hydrogen) atoms. The van der Waals surface area contributed by atoms with Gasteiger partial charge in [-0.1, -0.05) is 7.43 Å². The summed E-state index contributed by atoms with van der Waals surface area (Å²) in [6.45, 7) is 0.0796. The Morgan fingerprint density at radius 3 is 2.38 bits per heavy atom. The molecular formula is C9H13FN2O. The van der Waals surface area contributed by atoms with E-state index in [1.54, 1.807) is 0 Å². The number of carbonyl (C=O) groups excluding carboxylic acids is 1. The van der Waals surface area contributed by atoms with E-state index in [0.717, 1.165) is 0 Å². The summed E-state index contributed by atoms with van der Waals surface area (Å²) in [7, 11) is 0. The van der Waals surface area contributed by atoms with Crippen LogP contribution in [0.1, 0.15) is 17.8 Å². The van der Waals surface area contributed by atoms with Gasteiger partial charge < -0.3 is 11.1 Å². The summed E-state index contributed by atoms with van der Waals surface area (Å²) in [5, 5.41) is 2.40. The van der Waals surface area contributed by atoms with E-state index in [1.807, 2.05) is 0 Å². The van der Waals surface area contributed by atoms with Crippen LogP contribution in [0.15, 0.2) is 24.3 Å². The minimum absolute atomic E-state index is 0. The number of nitrogens with two attached hydrogens (primary N) is 1. The lowest BCUT2D eigenvalue weighted by atomic mass is 10.2. The van der Waals surface area contributed by atoms with Crippen LogP contribution in [0.25, 0.3) is 0 Å². The predicted octanol–water partition coefficient (Wildman–Crippen LogP) is 1.11. The third-order valence-corrected chi connectivity index (χ3v) is 1.37. The number of carbonyl (C=O) groups is 1. The molecule has 1 amide bonds.